The van der Waals surface area contributed by atoms with Gasteiger partial charge in [0.05, 0.1) is 16.0 Å². The van der Waals surface area contributed by atoms with Gasteiger partial charge in [0.1, 0.15) is 17.8 Å². The number of sulfonamides is 1. The molecule has 2 heterocycles. The van der Waals surface area contributed by atoms with Gasteiger partial charge in [-0.3, -0.25) is 4.79 Å². The molecule has 196 valence electrons. The van der Waals surface area contributed by atoms with E-state index in [1.807, 2.05) is 48.0 Å². The summed E-state index contributed by atoms with van der Waals surface area (Å²) in [5, 5.41) is 6.81. The third-order valence-corrected chi connectivity index (χ3v) is 8.42. The molecule has 9 nitrogen and oxygen atoms in total. The number of amides is 1. The minimum absolute atomic E-state index is 0.0165. The molecule has 1 saturated carbocycles. The smallest absolute Gasteiger partial charge is 0.250 e. The molecule has 0 radical (unpaired) electrons. The first-order valence-corrected chi connectivity index (χ1v) is 13.9. The zero-order valence-electron chi connectivity index (χ0n) is 21.6. The van der Waals surface area contributed by atoms with Gasteiger partial charge in [0.2, 0.25) is 10.0 Å². The Morgan fingerprint density at radius 2 is 1.68 bits per heavy atom. The molecular weight excluding hydrogens is 500 g/mol. The Hall–Kier alpha value is -4.02. The topological polar surface area (TPSA) is 118 Å². The molecule has 2 aromatic carbocycles. The van der Waals surface area contributed by atoms with Gasteiger partial charge in [-0.1, -0.05) is 37.3 Å². The van der Waals surface area contributed by atoms with E-state index in [2.05, 4.69) is 31.9 Å². The summed E-state index contributed by atoms with van der Waals surface area (Å²) in [5.74, 6) is 0.430. The number of carbonyl (C=O) groups excluding carboxylic acids is 1. The minimum atomic E-state index is -3.59. The molecule has 4 aromatic rings. The molecule has 0 saturated heterocycles. The fraction of sp³-hybridized carbons (Fsp3) is 0.250. The Morgan fingerprint density at radius 1 is 1.03 bits per heavy atom. The van der Waals surface area contributed by atoms with Crippen molar-refractivity contribution in [2.45, 2.75) is 37.1 Å². The molecule has 1 aliphatic rings. The molecule has 1 fully saturated rings. The lowest BCUT2D eigenvalue weighted by Crippen LogP contribution is -2.39. The predicted molar refractivity (Wildman–Crippen MR) is 150 cm³/mol. The second kappa shape index (κ2) is 10.0. The molecule has 1 amide bonds. The maximum absolute atomic E-state index is 12.9. The van der Waals surface area contributed by atoms with E-state index in [-0.39, 0.29) is 16.8 Å². The van der Waals surface area contributed by atoms with E-state index in [1.165, 1.54) is 6.33 Å². The molecular formula is C28H30N6O3S. The van der Waals surface area contributed by atoms with Crippen molar-refractivity contribution in [2.24, 2.45) is 7.05 Å². The highest BCUT2D eigenvalue weighted by atomic mass is 32.2. The van der Waals surface area contributed by atoms with Gasteiger partial charge in [-0.2, -0.15) is 0 Å². The minimum Gasteiger partial charge on any atom is -0.372 e. The van der Waals surface area contributed by atoms with E-state index in [1.54, 1.807) is 26.1 Å². The third-order valence-electron chi connectivity index (χ3n) is 6.89. The summed E-state index contributed by atoms with van der Waals surface area (Å²) in [5.41, 5.74) is 5.32. The number of fused-ring (bicyclic) bond motifs is 1. The number of rotatable bonds is 8. The van der Waals surface area contributed by atoms with Crippen LogP contribution in [0.5, 0.6) is 0 Å². The summed E-state index contributed by atoms with van der Waals surface area (Å²) in [6.45, 7) is 5.34. The van der Waals surface area contributed by atoms with E-state index in [4.69, 9.17) is 0 Å². The standard InChI is InChI=1S/C28H30N6O3S/c1-17(2)28(35)32-20-12-8-19(9-13-20)25-23(24-26(29-3)30-16-31-27(24)34(25)4)18-10-14-22(15-11-18)38(36,37)33-21-6-5-7-21/h8-16,21,33H,1,5-7H2,2-4H3,(H,32,35)(H,29,30,31). The maximum atomic E-state index is 12.9. The molecule has 3 N–H and O–H groups in total. The number of anilines is 2. The van der Waals surface area contributed by atoms with Crippen molar-refractivity contribution < 1.29 is 13.2 Å². The highest BCUT2D eigenvalue weighted by Crippen LogP contribution is 2.42. The first kappa shape index (κ1) is 25.6. The summed E-state index contributed by atoms with van der Waals surface area (Å²) in [4.78, 5) is 21.2. The molecule has 38 heavy (non-hydrogen) atoms. The van der Waals surface area contributed by atoms with E-state index in [0.29, 0.717) is 17.1 Å². The summed E-state index contributed by atoms with van der Waals surface area (Å²) in [7, 11) is 0.155. The zero-order valence-corrected chi connectivity index (χ0v) is 22.4. The van der Waals surface area contributed by atoms with Crippen molar-refractivity contribution in [3.63, 3.8) is 0 Å². The highest BCUT2D eigenvalue weighted by Gasteiger charge is 2.26. The van der Waals surface area contributed by atoms with Gasteiger partial charge in [0.25, 0.3) is 5.91 Å². The molecule has 0 bridgehead atoms. The molecule has 0 atom stereocenters. The van der Waals surface area contributed by atoms with Crippen LogP contribution in [0.2, 0.25) is 0 Å². The van der Waals surface area contributed by atoms with Crippen molar-refractivity contribution in [3.8, 4) is 22.4 Å². The second-order valence-electron chi connectivity index (χ2n) is 9.54. The van der Waals surface area contributed by atoms with Crippen molar-refractivity contribution >= 4 is 38.5 Å². The van der Waals surface area contributed by atoms with Crippen LogP contribution in [0.4, 0.5) is 11.5 Å². The lowest BCUT2D eigenvalue weighted by molar-refractivity contribution is -0.112. The SMILES string of the molecule is C=C(C)C(=O)Nc1ccc(-c2c(-c3ccc(S(=O)(=O)NC4CCC4)cc3)c3c(NC)ncnc3n2C)cc1. The quantitative estimate of drug-likeness (QED) is 0.285. The Bertz CT molecular complexity index is 1640. The van der Waals surface area contributed by atoms with Gasteiger partial charge in [-0.15, -0.1) is 0 Å². The molecule has 0 unspecified atom stereocenters. The van der Waals surface area contributed by atoms with Crippen molar-refractivity contribution in [1.82, 2.24) is 19.3 Å². The van der Waals surface area contributed by atoms with Gasteiger partial charge >= 0.3 is 0 Å². The molecule has 10 heteroatoms. The Balaban J connectivity index is 1.61. The summed E-state index contributed by atoms with van der Waals surface area (Å²) >= 11 is 0. The molecule has 1 aliphatic carbocycles. The van der Waals surface area contributed by atoms with Crippen LogP contribution in [0.1, 0.15) is 26.2 Å². The molecule has 5 rings (SSSR count). The average molecular weight is 531 g/mol. The van der Waals surface area contributed by atoms with Crippen LogP contribution >= 0.6 is 0 Å². The average Bonchev–Trinajstić information content (AvgIpc) is 3.19. The van der Waals surface area contributed by atoms with Crippen LogP contribution in [0, 0.1) is 0 Å². The number of nitrogens with one attached hydrogen (secondary N) is 3. The molecule has 0 spiro atoms. The van der Waals surface area contributed by atoms with E-state index in [9.17, 15) is 13.2 Å². The molecule has 0 aliphatic heterocycles. The van der Waals surface area contributed by atoms with Crippen LogP contribution in [0.25, 0.3) is 33.4 Å². The number of aromatic nitrogens is 3. The largest absolute Gasteiger partial charge is 0.372 e. The fourth-order valence-electron chi connectivity index (χ4n) is 4.62. The second-order valence-corrected chi connectivity index (χ2v) is 11.3. The van der Waals surface area contributed by atoms with Gasteiger partial charge in [0, 0.05) is 37.0 Å². The summed E-state index contributed by atoms with van der Waals surface area (Å²) in [6, 6.07) is 14.5. The van der Waals surface area contributed by atoms with Gasteiger partial charge in [-0.05, 0) is 55.2 Å². The van der Waals surface area contributed by atoms with Crippen LogP contribution < -0.4 is 15.4 Å². The number of aryl methyl sites for hydroxylation is 1. The third kappa shape index (κ3) is 4.68. The first-order valence-electron chi connectivity index (χ1n) is 12.4. The Kier molecular flexibility index (Phi) is 6.77. The number of benzene rings is 2. The van der Waals surface area contributed by atoms with Crippen molar-refractivity contribution in [3.05, 3.63) is 67.0 Å². The zero-order chi connectivity index (χ0) is 27.0. The number of hydrogen-bond donors (Lipinski definition) is 3. The monoisotopic (exact) mass is 530 g/mol. The lowest BCUT2D eigenvalue weighted by atomic mass is 9.94. The maximum Gasteiger partial charge on any atom is 0.250 e. The van der Waals surface area contributed by atoms with Gasteiger partial charge in [-0.25, -0.2) is 23.1 Å². The predicted octanol–water partition coefficient (Wildman–Crippen LogP) is 4.69. The van der Waals surface area contributed by atoms with E-state index in [0.717, 1.165) is 52.7 Å². The Morgan fingerprint density at radius 3 is 2.26 bits per heavy atom. The van der Waals surface area contributed by atoms with E-state index < -0.39 is 10.0 Å². The normalized spacial score (nSPS) is 13.8. The fourth-order valence-corrected chi connectivity index (χ4v) is 5.93. The highest BCUT2D eigenvalue weighted by molar-refractivity contribution is 7.89. The lowest BCUT2D eigenvalue weighted by Gasteiger charge is -2.26. The van der Waals surface area contributed by atoms with Crippen molar-refractivity contribution in [2.75, 3.05) is 17.7 Å². The number of carbonyl (C=O) groups is 1. The Labute approximate surface area is 222 Å². The molecule has 2 aromatic heterocycles. The number of hydrogen-bond acceptors (Lipinski definition) is 6. The van der Waals surface area contributed by atoms with Gasteiger partial charge < -0.3 is 15.2 Å². The number of nitrogens with zero attached hydrogens (tertiary/aromatic N) is 3. The first-order chi connectivity index (χ1) is 18.2. The van der Waals surface area contributed by atoms with Crippen LogP contribution in [-0.4, -0.2) is 41.9 Å². The van der Waals surface area contributed by atoms with E-state index >= 15 is 0 Å². The van der Waals surface area contributed by atoms with Crippen LogP contribution in [-0.2, 0) is 21.9 Å². The van der Waals surface area contributed by atoms with Gasteiger partial charge in [0.15, 0.2) is 0 Å². The summed E-state index contributed by atoms with van der Waals surface area (Å²) < 4.78 is 30.5. The van der Waals surface area contributed by atoms with Crippen LogP contribution in [0.15, 0.2) is 71.9 Å². The van der Waals surface area contributed by atoms with Crippen molar-refractivity contribution in [1.29, 1.82) is 0 Å². The summed E-state index contributed by atoms with van der Waals surface area (Å²) in [6.07, 6.45) is 4.31. The van der Waals surface area contributed by atoms with Crippen LogP contribution in [0.3, 0.4) is 0 Å².